The van der Waals surface area contributed by atoms with E-state index >= 15 is 4.79 Å². The van der Waals surface area contributed by atoms with Gasteiger partial charge in [-0.2, -0.15) is 0 Å². The number of aromatic nitrogens is 6. The SMILES string of the molecule is Cc1c(N)nc(C(CC(N)=O)NCC(N)C(N)=O)nc1C(=O)NC(C(=O)NC(C)C(O)C(C)C(=O)NC(C(=O)NCCc1nc(-c2nc(C(=O)NCCCNCCCNC(=O)CCC(=O)O)cs2)cs1)C(C)O)C(OC1OC(CO)C(O)C(O)C1OC1OC(CO)C(O)C(OC(N)=O)C1O)c1cnc[nH]1. The molecule has 9 amide bonds. The van der Waals surface area contributed by atoms with Crippen LogP contribution in [0.1, 0.15) is 108 Å². The molecule has 0 aliphatic carbocycles. The molecule has 6 rings (SSSR count). The number of rotatable bonds is 42. The number of ether oxygens (including phenoxy) is 5. The van der Waals surface area contributed by atoms with Gasteiger partial charge in [-0.3, -0.25) is 43.2 Å². The molecule has 2 fully saturated rings. The summed E-state index contributed by atoms with van der Waals surface area (Å²) in [5, 5.41) is 123. The summed E-state index contributed by atoms with van der Waals surface area (Å²) >= 11 is 2.43. The van der Waals surface area contributed by atoms with Crippen molar-refractivity contribution in [1.29, 1.82) is 0 Å². The molecule has 19 unspecified atom stereocenters. The largest absolute Gasteiger partial charge is 0.481 e. The molecule has 6 heterocycles. The Hall–Kier alpha value is -8.75. The van der Waals surface area contributed by atoms with E-state index in [4.69, 9.17) is 57.5 Å². The number of aliphatic hydroxyl groups excluding tert-OH is 8. The summed E-state index contributed by atoms with van der Waals surface area (Å²) in [6.45, 7) is 4.44. The van der Waals surface area contributed by atoms with Crippen LogP contribution >= 0.6 is 22.7 Å². The third-order valence-electron chi connectivity index (χ3n) is 16.5. The Morgan fingerprint density at radius 2 is 1.40 bits per heavy atom. The lowest BCUT2D eigenvalue weighted by Crippen LogP contribution is -2.65. The molecule has 2 saturated heterocycles. The van der Waals surface area contributed by atoms with Crippen LogP contribution in [0.4, 0.5) is 10.6 Å². The number of anilines is 1. The first kappa shape index (κ1) is 85.2. The highest BCUT2D eigenvalue weighted by Gasteiger charge is 2.54. The maximum Gasteiger partial charge on any atom is 0.404 e. The number of nitrogens with two attached hydrogens (primary N) is 5. The summed E-state index contributed by atoms with van der Waals surface area (Å²) in [5.74, 6) is -10.3. The number of carboxylic acids is 1. The molecule has 2 aliphatic rings. The lowest BCUT2D eigenvalue weighted by Gasteiger charge is -2.47. The van der Waals surface area contributed by atoms with Gasteiger partial charge in [0, 0.05) is 61.8 Å². The Morgan fingerprint density at radius 3 is 2.03 bits per heavy atom. The summed E-state index contributed by atoms with van der Waals surface area (Å²) in [4.78, 5) is 153. The third-order valence-corrected chi connectivity index (χ3v) is 18.3. The van der Waals surface area contributed by atoms with E-state index in [-0.39, 0.29) is 66.9 Å². The molecular formula is C60H91N19O24S2. The Kier molecular flexibility index (Phi) is 33.0. The van der Waals surface area contributed by atoms with Crippen molar-refractivity contribution in [2.45, 2.75) is 176 Å². The van der Waals surface area contributed by atoms with Crippen molar-refractivity contribution in [3.05, 3.63) is 56.8 Å². The number of carbonyl (C=O) groups excluding carboxylic acids is 9. The van der Waals surface area contributed by atoms with Gasteiger partial charge in [-0.25, -0.2) is 29.7 Å². The summed E-state index contributed by atoms with van der Waals surface area (Å²) in [7, 11) is 0. The van der Waals surface area contributed by atoms with Gasteiger partial charge in [0.15, 0.2) is 18.7 Å². The highest BCUT2D eigenvalue weighted by Crippen LogP contribution is 2.35. The number of nitrogens with zero attached hydrogens (tertiary/aromatic N) is 5. The molecule has 0 radical (unpaired) electrons. The van der Waals surface area contributed by atoms with Crippen LogP contribution in [0.5, 0.6) is 0 Å². The third kappa shape index (κ3) is 24.4. The molecular weight excluding hydrogens is 1430 g/mol. The topological polar surface area (TPSA) is 706 Å². The quantitative estimate of drug-likeness (QED) is 0.0183. The molecule has 0 bridgehead atoms. The van der Waals surface area contributed by atoms with E-state index in [1.807, 2.05) is 0 Å². The smallest absolute Gasteiger partial charge is 0.404 e. The number of hydrogen-bond donors (Lipinski definition) is 23. The second-order valence-corrected chi connectivity index (χ2v) is 26.3. The zero-order valence-electron chi connectivity index (χ0n) is 57.3. The summed E-state index contributed by atoms with van der Waals surface area (Å²) < 4.78 is 28.7. The van der Waals surface area contributed by atoms with Crippen LogP contribution in [-0.4, -0.2) is 285 Å². The summed E-state index contributed by atoms with van der Waals surface area (Å²) in [5.41, 5.74) is 27.9. The van der Waals surface area contributed by atoms with E-state index in [9.17, 15) is 84.0 Å². The molecule has 28 N–H and O–H groups in total. The monoisotopic (exact) mass is 1530 g/mol. The molecule has 0 spiro atoms. The van der Waals surface area contributed by atoms with Crippen molar-refractivity contribution in [3.8, 4) is 10.7 Å². The number of imidazole rings is 1. The minimum absolute atomic E-state index is 0.0436. The summed E-state index contributed by atoms with van der Waals surface area (Å²) in [6.07, 6.45) is -24.5. The maximum atomic E-state index is 15.2. The van der Waals surface area contributed by atoms with Gasteiger partial charge in [-0.05, 0) is 46.7 Å². The standard InChI is InChI=1S/C60H91N19O24S2/c1-23-38(76-51(79-49(23)63)28(15-34(62)83)71-16-27(61)50(64)92)55(96)78-40(46(29-17-67-22-72-29)101-59-48(44(90)42(88)32(18-80)100-59)102-58-45(91)47(103-60(65)98)43(89)33(19-81)99-58)56(97)73-25(3)41(87)24(2)52(93)77-39(26(4)82)54(95)70-14-9-36-74-31(21-104-36)57-75-30(20-105-57)53(94)69-13-6-11-66-10-5-12-68-35(84)7-8-37(85)86/h17,20-22,24-28,32-33,39-48,58-59,66,71,80-82,87-91H,5-16,18-19,61H2,1-4H3,(H2,62,83)(H2,64,92)(H2,65,98)(H,67,72)(H,68,84)(H,69,94)(H,70,95)(H,73,97)(H,77,93)(H,78,96)(H,85,86)(H2,63,76,79). The van der Waals surface area contributed by atoms with E-state index in [1.165, 1.54) is 50.4 Å². The number of carbonyl (C=O) groups is 10. The Labute approximate surface area is 606 Å². The number of nitrogens with one attached hydrogen (secondary N) is 9. The molecule has 582 valence electrons. The van der Waals surface area contributed by atoms with Crippen molar-refractivity contribution < 1.29 is 118 Å². The number of amides is 9. The van der Waals surface area contributed by atoms with Gasteiger partial charge < -0.3 is 146 Å². The Balaban J connectivity index is 1.17. The molecule has 0 saturated carbocycles. The number of thiazole rings is 2. The predicted molar refractivity (Wildman–Crippen MR) is 362 cm³/mol. The second kappa shape index (κ2) is 40.7. The first-order valence-corrected chi connectivity index (χ1v) is 34.6. The number of aliphatic hydroxyl groups is 8. The first-order valence-electron chi connectivity index (χ1n) is 32.9. The van der Waals surface area contributed by atoms with Crippen LogP contribution in [0.25, 0.3) is 10.7 Å². The number of carboxylic acid groups (broad SMARTS) is 1. The first-order chi connectivity index (χ1) is 49.7. The van der Waals surface area contributed by atoms with Crippen LogP contribution in [-0.2, 0) is 63.7 Å². The number of H-pyrrole nitrogens is 1. The fourth-order valence-corrected chi connectivity index (χ4v) is 12.1. The zero-order valence-corrected chi connectivity index (χ0v) is 58.9. The van der Waals surface area contributed by atoms with Crippen LogP contribution in [0.15, 0.2) is 23.3 Å². The van der Waals surface area contributed by atoms with Gasteiger partial charge in [0.2, 0.25) is 35.4 Å². The van der Waals surface area contributed by atoms with Gasteiger partial charge in [0.05, 0.1) is 79.1 Å². The van der Waals surface area contributed by atoms with E-state index in [0.29, 0.717) is 54.7 Å². The van der Waals surface area contributed by atoms with Crippen molar-refractivity contribution >= 4 is 87.8 Å². The van der Waals surface area contributed by atoms with Crippen LogP contribution in [0.3, 0.4) is 0 Å². The van der Waals surface area contributed by atoms with E-state index in [2.05, 4.69) is 72.4 Å². The second-order valence-electron chi connectivity index (χ2n) is 24.5. The van der Waals surface area contributed by atoms with Gasteiger partial charge in [-0.15, -0.1) is 22.7 Å². The fraction of sp³-hybridized carbons (Fsp3) is 0.617. The molecule has 4 aromatic rings. The lowest BCUT2D eigenvalue weighted by molar-refractivity contribution is -0.372. The van der Waals surface area contributed by atoms with E-state index in [0.717, 1.165) is 12.5 Å². The fourth-order valence-electron chi connectivity index (χ4n) is 10.5. The van der Waals surface area contributed by atoms with Crippen molar-refractivity contribution in [2.75, 3.05) is 58.2 Å². The normalized spacial score (nSPS) is 22.8. The molecule has 0 aromatic carbocycles. The van der Waals surface area contributed by atoms with Crippen molar-refractivity contribution in [3.63, 3.8) is 0 Å². The molecule has 4 aromatic heterocycles. The van der Waals surface area contributed by atoms with Gasteiger partial charge in [0.25, 0.3) is 11.8 Å². The van der Waals surface area contributed by atoms with Crippen LogP contribution in [0, 0.1) is 12.8 Å². The Bertz CT molecular complexity index is 3580. The minimum Gasteiger partial charge on any atom is -0.481 e. The van der Waals surface area contributed by atoms with Gasteiger partial charge in [-0.1, -0.05) is 6.92 Å². The molecule has 2 aliphatic heterocycles. The highest BCUT2D eigenvalue weighted by molar-refractivity contribution is 7.14. The van der Waals surface area contributed by atoms with E-state index in [1.54, 1.807) is 10.8 Å². The van der Waals surface area contributed by atoms with Crippen molar-refractivity contribution in [2.24, 2.45) is 28.9 Å². The minimum atomic E-state index is -2.21. The number of aromatic amines is 1. The average molecular weight is 1530 g/mol. The number of nitrogen functional groups attached to an aromatic ring is 1. The van der Waals surface area contributed by atoms with Crippen LogP contribution < -0.4 is 71.2 Å². The molecule has 105 heavy (non-hydrogen) atoms. The summed E-state index contributed by atoms with van der Waals surface area (Å²) in [6, 6.07) is -7.94. The maximum absolute atomic E-state index is 15.2. The molecule has 43 nitrogen and oxygen atoms in total. The highest BCUT2D eigenvalue weighted by atomic mass is 32.1. The van der Waals surface area contributed by atoms with E-state index < -0.39 is 195 Å². The number of aliphatic carboxylic acids is 1. The molecule has 19 atom stereocenters. The zero-order chi connectivity index (χ0) is 77.5. The van der Waals surface area contributed by atoms with Gasteiger partial charge in [0.1, 0.15) is 94.6 Å². The average Bonchev–Trinajstić information content (AvgIpc) is 1.45. The predicted octanol–water partition coefficient (Wildman–Crippen LogP) is -8.62. The van der Waals surface area contributed by atoms with Crippen molar-refractivity contribution in [1.82, 2.24) is 72.4 Å². The van der Waals surface area contributed by atoms with Crippen LogP contribution in [0.2, 0.25) is 0 Å². The molecule has 45 heteroatoms. The Morgan fingerprint density at radius 1 is 0.724 bits per heavy atom. The number of primary amides is 3. The lowest BCUT2D eigenvalue weighted by atomic mass is 9.96. The number of hydrogen-bond acceptors (Lipinski definition) is 34. The van der Waals surface area contributed by atoms with Gasteiger partial charge >= 0.3 is 12.1 Å².